The molecular formula is C24H29ClN4O4. The minimum Gasteiger partial charge on any atom is -0.478 e. The second-order valence-corrected chi connectivity index (χ2v) is 9.44. The SMILES string of the molecule is CC(C)(C)C(=O)Nc1ccc(N2CCN(CC(=O)Nc3ccccc3Cl)CC2)cc1C(=O)O. The lowest BCUT2D eigenvalue weighted by atomic mass is 9.95. The number of hydrogen-bond donors (Lipinski definition) is 3. The van der Waals surface area contributed by atoms with E-state index in [2.05, 4.69) is 15.5 Å². The fraction of sp³-hybridized carbons (Fsp3) is 0.375. The predicted octanol–water partition coefficient (Wildman–Crippen LogP) is 3.78. The Morgan fingerprint density at radius 1 is 0.970 bits per heavy atom. The standard InChI is InChI=1S/C24H29ClN4O4/c1-24(2,3)23(33)27-19-9-8-16(14-17(19)22(31)32)29-12-10-28(11-13-29)15-21(30)26-20-7-5-4-6-18(20)25/h4-9,14H,10-13,15H2,1-3H3,(H,26,30)(H,27,33)(H,31,32). The number of piperazine rings is 1. The summed E-state index contributed by atoms with van der Waals surface area (Å²) in [6.07, 6.45) is 0. The van der Waals surface area contributed by atoms with Gasteiger partial charge in [0, 0.05) is 37.3 Å². The van der Waals surface area contributed by atoms with Gasteiger partial charge in [-0.3, -0.25) is 14.5 Å². The number of nitrogens with one attached hydrogen (secondary N) is 2. The molecule has 0 unspecified atom stereocenters. The summed E-state index contributed by atoms with van der Waals surface area (Å²) in [6, 6.07) is 12.1. The van der Waals surface area contributed by atoms with Crippen LogP contribution in [0.1, 0.15) is 31.1 Å². The van der Waals surface area contributed by atoms with Crippen molar-refractivity contribution < 1.29 is 19.5 Å². The van der Waals surface area contributed by atoms with Gasteiger partial charge >= 0.3 is 5.97 Å². The van der Waals surface area contributed by atoms with E-state index < -0.39 is 11.4 Å². The number of nitrogens with zero attached hydrogens (tertiary/aromatic N) is 2. The average molecular weight is 473 g/mol. The van der Waals surface area contributed by atoms with Crippen molar-refractivity contribution in [1.82, 2.24) is 4.90 Å². The van der Waals surface area contributed by atoms with Gasteiger partial charge in [0.1, 0.15) is 0 Å². The first-order valence-corrected chi connectivity index (χ1v) is 11.1. The minimum atomic E-state index is -1.10. The van der Waals surface area contributed by atoms with E-state index in [1.807, 2.05) is 17.0 Å². The number of anilines is 3. The highest BCUT2D eigenvalue weighted by Gasteiger charge is 2.25. The minimum absolute atomic E-state index is 0.0478. The van der Waals surface area contributed by atoms with E-state index in [4.69, 9.17) is 11.6 Å². The summed E-state index contributed by atoms with van der Waals surface area (Å²) in [5.74, 6) is -1.49. The first kappa shape index (κ1) is 24.5. The van der Waals surface area contributed by atoms with Crippen LogP contribution in [0, 0.1) is 5.41 Å². The summed E-state index contributed by atoms with van der Waals surface area (Å²) >= 11 is 6.09. The molecule has 0 spiro atoms. The zero-order chi connectivity index (χ0) is 24.2. The van der Waals surface area contributed by atoms with Gasteiger partial charge in [-0.25, -0.2) is 4.79 Å². The van der Waals surface area contributed by atoms with Crippen molar-refractivity contribution in [3.8, 4) is 0 Å². The largest absolute Gasteiger partial charge is 0.478 e. The van der Waals surface area contributed by atoms with Gasteiger partial charge in [-0.1, -0.05) is 44.5 Å². The molecule has 3 N–H and O–H groups in total. The molecule has 0 radical (unpaired) electrons. The molecule has 33 heavy (non-hydrogen) atoms. The van der Waals surface area contributed by atoms with Crippen LogP contribution in [0.2, 0.25) is 5.02 Å². The Labute approximate surface area is 198 Å². The maximum Gasteiger partial charge on any atom is 0.337 e. The van der Waals surface area contributed by atoms with Gasteiger partial charge in [-0.15, -0.1) is 0 Å². The second-order valence-electron chi connectivity index (χ2n) is 9.03. The third-order valence-electron chi connectivity index (χ3n) is 5.42. The van der Waals surface area contributed by atoms with Crippen molar-refractivity contribution in [2.24, 2.45) is 5.41 Å². The van der Waals surface area contributed by atoms with E-state index in [1.54, 1.807) is 51.1 Å². The van der Waals surface area contributed by atoms with Crippen LogP contribution in [0.25, 0.3) is 0 Å². The van der Waals surface area contributed by atoms with Crippen molar-refractivity contribution in [3.63, 3.8) is 0 Å². The van der Waals surface area contributed by atoms with E-state index in [1.165, 1.54) is 0 Å². The van der Waals surface area contributed by atoms with E-state index in [0.717, 1.165) is 5.69 Å². The van der Waals surface area contributed by atoms with E-state index in [9.17, 15) is 19.5 Å². The van der Waals surface area contributed by atoms with Crippen molar-refractivity contribution >= 4 is 46.4 Å². The fourth-order valence-corrected chi connectivity index (χ4v) is 3.63. The number of carbonyl (C=O) groups is 3. The van der Waals surface area contributed by atoms with Crippen molar-refractivity contribution in [1.29, 1.82) is 0 Å². The first-order chi connectivity index (χ1) is 15.5. The molecule has 1 heterocycles. The number of amides is 2. The molecule has 3 rings (SSSR count). The van der Waals surface area contributed by atoms with Crippen LogP contribution in [-0.2, 0) is 9.59 Å². The normalized spacial score (nSPS) is 14.6. The number of carboxylic acid groups (broad SMARTS) is 1. The molecule has 1 aliphatic heterocycles. The topological polar surface area (TPSA) is 102 Å². The van der Waals surface area contributed by atoms with Crippen LogP contribution in [-0.4, -0.2) is 60.5 Å². The number of carbonyl (C=O) groups excluding carboxylic acids is 2. The lowest BCUT2D eigenvalue weighted by molar-refractivity contribution is -0.123. The molecule has 1 fully saturated rings. The van der Waals surface area contributed by atoms with Gasteiger partial charge < -0.3 is 20.6 Å². The zero-order valence-electron chi connectivity index (χ0n) is 19.0. The molecule has 2 amide bonds. The summed E-state index contributed by atoms with van der Waals surface area (Å²) in [4.78, 5) is 40.6. The van der Waals surface area contributed by atoms with E-state index in [0.29, 0.717) is 36.9 Å². The van der Waals surface area contributed by atoms with Gasteiger partial charge in [-0.2, -0.15) is 0 Å². The highest BCUT2D eigenvalue weighted by Crippen LogP contribution is 2.26. The van der Waals surface area contributed by atoms with Gasteiger partial charge in [-0.05, 0) is 30.3 Å². The molecular weight excluding hydrogens is 444 g/mol. The quantitative estimate of drug-likeness (QED) is 0.591. The Morgan fingerprint density at radius 3 is 2.24 bits per heavy atom. The number of carboxylic acids is 1. The van der Waals surface area contributed by atoms with Gasteiger partial charge in [0.15, 0.2) is 0 Å². The van der Waals surface area contributed by atoms with Crippen molar-refractivity contribution in [3.05, 3.63) is 53.1 Å². The molecule has 0 aromatic heterocycles. The van der Waals surface area contributed by atoms with Crippen LogP contribution < -0.4 is 15.5 Å². The lowest BCUT2D eigenvalue weighted by Gasteiger charge is -2.36. The molecule has 2 aromatic carbocycles. The lowest BCUT2D eigenvalue weighted by Crippen LogP contribution is -2.48. The van der Waals surface area contributed by atoms with Crippen LogP contribution in [0.3, 0.4) is 0 Å². The molecule has 8 nitrogen and oxygen atoms in total. The highest BCUT2D eigenvalue weighted by atomic mass is 35.5. The third kappa shape index (κ3) is 6.46. The van der Waals surface area contributed by atoms with Crippen LogP contribution in [0.4, 0.5) is 17.1 Å². The summed E-state index contributed by atoms with van der Waals surface area (Å²) in [7, 11) is 0. The Balaban J connectivity index is 1.60. The summed E-state index contributed by atoms with van der Waals surface area (Å²) in [6.45, 7) is 8.15. The number of rotatable bonds is 6. The molecule has 0 bridgehead atoms. The summed E-state index contributed by atoms with van der Waals surface area (Å²) < 4.78 is 0. The van der Waals surface area contributed by atoms with E-state index in [-0.39, 0.29) is 29.6 Å². The Bertz CT molecular complexity index is 1040. The van der Waals surface area contributed by atoms with E-state index >= 15 is 0 Å². The molecule has 1 saturated heterocycles. The number of para-hydroxylation sites is 1. The molecule has 1 aliphatic rings. The Kier molecular flexibility index (Phi) is 7.61. The zero-order valence-corrected chi connectivity index (χ0v) is 19.8. The second kappa shape index (κ2) is 10.2. The number of hydrogen-bond acceptors (Lipinski definition) is 5. The maximum atomic E-state index is 12.4. The molecule has 176 valence electrons. The first-order valence-electron chi connectivity index (χ1n) is 10.7. The predicted molar refractivity (Wildman–Crippen MR) is 130 cm³/mol. The number of halogens is 1. The summed E-state index contributed by atoms with van der Waals surface area (Å²) in [5.41, 5.74) is 1.04. The van der Waals surface area contributed by atoms with Crippen LogP contribution in [0.15, 0.2) is 42.5 Å². The average Bonchev–Trinajstić information content (AvgIpc) is 2.75. The summed E-state index contributed by atoms with van der Waals surface area (Å²) in [5, 5.41) is 15.7. The Morgan fingerprint density at radius 2 is 1.64 bits per heavy atom. The number of aromatic carboxylic acids is 1. The highest BCUT2D eigenvalue weighted by molar-refractivity contribution is 6.33. The van der Waals surface area contributed by atoms with Gasteiger partial charge in [0.2, 0.25) is 11.8 Å². The van der Waals surface area contributed by atoms with Gasteiger partial charge in [0.25, 0.3) is 0 Å². The van der Waals surface area contributed by atoms with Crippen molar-refractivity contribution in [2.45, 2.75) is 20.8 Å². The van der Waals surface area contributed by atoms with Crippen LogP contribution >= 0.6 is 11.6 Å². The van der Waals surface area contributed by atoms with Crippen molar-refractivity contribution in [2.75, 3.05) is 48.3 Å². The van der Waals surface area contributed by atoms with Gasteiger partial charge in [0.05, 0.1) is 28.5 Å². The fourth-order valence-electron chi connectivity index (χ4n) is 3.44. The monoisotopic (exact) mass is 472 g/mol. The molecule has 0 aliphatic carbocycles. The molecule has 0 saturated carbocycles. The smallest absolute Gasteiger partial charge is 0.337 e. The third-order valence-corrected chi connectivity index (χ3v) is 5.75. The number of benzene rings is 2. The molecule has 0 atom stereocenters. The van der Waals surface area contributed by atoms with Crippen LogP contribution in [0.5, 0.6) is 0 Å². The maximum absolute atomic E-state index is 12.4. The molecule has 2 aromatic rings. The molecule has 9 heteroatoms. The Hall–Kier alpha value is -3.10.